The molecular weight excluding hydrogens is 392 g/mol. The van der Waals surface area contributed by atoms with Gasteiger partial charge in [-0.05, 0) is 6.07 Å². The Bertz CT molecular complexity index is 1020. The highest BCUT2D eigenvalue weighted by atomic mass is 16.5. The Morgan fingerprint density at radius 3 is 2.47 bits per heavy atom. The first-order valence-electron chi connectivity index (χ1n) is 9.63. The zero-order valence-electron chi connectivity index (χ0n) is 17.1. The minimum atomic E-state index is -0.543. The Balaban J connectivity index is 1.83. The van der Waals surface area contributed by atoms with Crippen LogP contribution >= 0.6 is 0 Å². The predicted octanol–water partition coefficient (Wildman–Crippen LogP) is 1.11. The SMILES string of the molecule is COc1ccc(C2CC(=O)Nc3nc(N4CCOCC4)[nH]c(=O)c32)c(OC)c1OC. The average Bonchev–Trinajstić information content (AvgIpc) is 2.77. The maximum Gasteiger partial charge on any atom is 0.258 e. The van der Waals surface area contributed by atoms with Crippen LogP contribution in [0.5, 0.6) is 17.2 Å². The lowest BCUT2D eigenvalue weighted by Crippen LogP contribution is -2.40. The number of rotatable bonds is 5. The van der Waals surface area contributed by atoms with Crippen molar-refractivity contribution in [1.82, 2.24) is 9.97 Å². The summed E-state index contributed by atoms with van der Waals surface area (Å²) in [6, 6.07) is 3.51. The number of benzene rings is 1. The van der Waals surface area contributed by atoms with Crippen molar-refractivity contribution in [2.45, 2.75) is 12.3 Å². The van der Waals surface area contributed by atoms with Crippen molar-refractivity contribution < 1.29 is 23.7 Å². The van der Waals surface area contributed by atoms with Gasteiger partial charge in [0.05, 0.1) is 40.1 Å². The highest BCUT2D eigenvalue weighted by molar-refractivity contribution is 5.94. The molecule has 1 amide bonds. The smallest absolute Gasteiger partial charge is 0.258 e. The molecule has 1 unspecified atom stereocenters. The largest absolute Gasteiger partial charge is 0.493 e. The number of aromatic nitrogens is 2. The van der Waals surface area contributed by atoms with E-state index in [0.29, 0.717) is 60.6 Å². The van der Waals surface area contributed by atoms with Crippen LogP contribution in [0.4, 0.5) is 11.8 Å². The van der Waals surface area contributed by atoms with Crippen LogP contribution in [0, 0.1) is 0 Å². The van der Waals surface area contributed by atoms with Gasteiger partial charge in [-0.2, -0.15) is 4.98 Å². The van der Waals surface area contributed by atoms with E-state index in [9.17, 15) is 9.59 Å². The van der Waals surface area contributed by atoms with Gasteiger partial charge in [-0.15, -0.1) is 0 Å². The molecule has 2 N–H and O–H groups in total. The summed E-state index contributed by atoms with van der Waals surface area (Å²) in [4.78, 5) is 34.9. The molecule has 1 aromatic heterocycles. The summed E-state index contributed by atoms with van der Waals surface area (Å²) >= 11 is 0. The number of carbonyl (C=O) groups is 1. The molecule has 4 rings (SSSR count). The number of carbonyl (C=O) groups excluding carboxylic acids is 1. The second-order valence-electron chi connectivity index (χ2n) is 6.98. The van der Waals surface area contributed by atoms with Gasteiger partial charge < -0.3 is 29.2 Å². The van der Waals surface area contributed by atoms with E-state index in [1.807, 2.05) is 4.90 Å². The number of aromatic amines is 1. The molecule has 1 saturated heterocycles. The van der Waals surface area contributed by atoms with Crippen molar-refractivity contribution in [2.24, 2.45) is 0 Å². The van der Waals surface area contributed by atoms with Crippen LogP contribution in [-0.2, 0) is 9.53 Å². The summed E-state index contributed by atoms with van der Waals surface area (Å²) in [6.45, 7) is 2.34. The van der Waals surface area contributed by atoms with E-state index in [0.717, 1.165) is 0 Å². The fourth-order valence-electron chi connectivity index (χ4n) is 3.95. The van der Waals surface area contributed by atoms with Gasteiger partial charge >= 0.3 is 0 Å². The Morgan fingerprint density at radius 2 is 1.80 bits per heavy atom. The molecule has 2 aliphatic heterocycles. The van der Waals surface area contributed by atoms with Crippen LogP contribution in [0.2, 0.25) is 0 Å². The molecule has 2 aromatic rings. The molecular formula is C20H24N4O6. The van der Waals surface area contributed by atoms with E-state index in [-0.39, 0.29) is 23.7 Å². The monoisotopic (exact) mass is 416 g/mol. The van der Waals surface area contributed by atoms with Crippen LogP contribution in [0.3, 0.4) is 0 Å². The van der Waals surface area contributed by atoms with Crippen LogP contribution in [-0.4, -0.2) is 63.5 Å². The lowest BCUT2D eigenvalue weighted by Gasteiger charge is -2.30. The summed E-state index contributed by atoms with van der Waals surface area (Å²) in [7, 11) is 4.55. The fourth-order valence-corrected chi connectivity index (χ4v) is 3.95. The third-order valence-electron chi connectivity index (χ3n) is 5.36. The van der Waals surface area contributed by atoms with Gasteiger partial charge in [0, 0.05) is 31.0 Å². The van der Waals surface area contributed by atoms with E-state index < -0.39 is 5.92 Å². The van der Waals surface area contributed by atoms with Gasteiger partial charge in [-0.1, -0.05) is 6.07 Å². The number of fused-ring (bicyclic) bond motifs is 1. The van der Waals surface area contributed by atoms with Crippen molar-refractivity contribution in [3.8, 4) is 17.2 Å². The number of ether oxygens (including phenoxy) is 4. The number of nitrogens with one attached hydrogen (secondary N) is 2. The van der Waals surface area contributed by atoms with Crippen LogP contribution < -0.4 is 30.0 Å². The van der Waals surface area contributed by atoms with E-state index in [1.165, 1.54) is 21.3 Å². The van der Waals surface area contributed by atoms with Crippen LogP contribution in [0.15, 0.2) is 16.9 Å². The lowest BCUT2D eigenvalue weighted by atomic mass is 9.86. The number of anilines is 2. The topological polar surface area (TPSA) is 115 Å². The maximum atomic E-state index is 13.1. The third kappa shape index (κ3) is 3.43. The fraction of sp³-hybridized carbons (Fsp3) is 0.450. The number of hydrogen-bond donors (Lipinski definition) is 2. The van der Waals surface area contributed by atoms with Crippen molar-refractivity contribution in [1.29, 1.82) is 0 Å². The second-order valence-corrected chi connectivity index (χ2v) is 6.98. The van der Waals surface area contributed by atoms with Gasteiger partial charge in [0.15, 0.2) is 11.5 Å². The minimum absolute atomic E-state index is 0.0838. The van der Waals surface area contributed by atoms with Gasteiger partial charge in [0.1, 0.15) is 5.82 Å². The number of amides is 1. The molecule has 1 aromatic carbocycles. The van der Waals surface area contributed by atoms with Gasteiger partial charge in [-0.25, -0.2) is 0 Å². The van der Waals surface area contributed by atoms with Crippen LogP contribution in [0.25, 0.3) is 0 Å². The zero-order valence-corrected chi connectivity index (χ0v) is 17.1. The first kappa shape index (κ1) is 20.0. The molecule has 2 aliphatic rings. The number of morpholine rings is 1. The normalized spacial score (nSPS) is 18.4. The lowest BCUT2D eigenvalue weighted by molar-refractivity contribution is -0.116. The van der Waals surface area contributed by atoms with Gasteiger partial charge in [-0.3, -0.25) is 14.6 Å². The number of hydrogen-bond acceptors (Lipinski definition) is 8. The Morgan fingerprint density at radius 1 is 1.07 bits per heavy atom. The van der Waals surface area contributed by atoms with E-state index >= 15 is 0 Å². The quantitative estimate of drug-likeness (QED) is 0.745. The molecule has 160 valence electrons. The Hall–Kier alpha value is -3.27. The molecule has 30 heavy (non-hydrogen) atoms. The van der Waals surface area contributed by atoms with E-state index in [2.05, 4.69) is 15.3 Å². The van der Waals surface area contributed by atoms with Gasteiger partial charge in [0.2, 0.25) is 17.6 Å². The summed E-state index contributed by atoms with van der Waals surface area (Å²) in [5, 5.41) is 2.74. The standard InChI is InChI=1S/C20H24N4O6/c1-27-13-5-4-11(16(28-2)17(13)29-3)12-10-14(25)21-18-15(12)19(26)23-20(22-18)24-6-8-30-9-7-24/h4-5,12H,6-10H2,1-3H3,(H2,21,22,23,25,26). The molecule has 0 bridgehead atoms. The summed E-state index contributed by atoms with van der Waals surface area (Å²) in [5.74, 6) is 1.22. The zero-order chi connectivity index (χ0) is 21.3. The van der Waals surface area contributed by atoms with Gasteiger partial charge in [0.25, 0.3) is 5.56 Å². The maximum absolute atomic E-state index is 13.1. The van der Waals surface area contributed by atoms with Crippen molar-refractivity contribution >= 4 is 17.7 Å². The summed E-state index contributed by atoms with van der Waals surface area (Å²) in [5.41, 5.74) is 0.734. The second kappa shape index (κ2) is 8.23. The highest BCUT2D eigenvalue weighted by Crippen LogP contribution is 2.46. The molecule has 10 nitrogen and oxygen atoms in total. The van der Waals surface area contributed by atoms with E-state index in [1.54, 1.807) is 12.1 Å². The minimum Gasteiger partial charge on any atom is -0.493 e. The molecule has 0 aliphatic carbocycles. The number of methoxy groups -OCH3 is 3. The Kier molecular flexibility index (Phi) is 5.49. The van der Waals surface area contributed by atoms with Crippen molar-refractivity contribution in [3.63, 3.8) is 0 Å². The number of nitrogens with zero attached hydrogens (tertiary/aromatic N) is 2. The van der Waals surface area contributed by atoms with E-state index in [4.69, 9.17) is 18.9 Å². The summed E-state index contributed by atoms with van der Waals surface area (Å²) in [6.07, 6.45) is 0.0838. The molecule has 0 saturated carbocycles. The predicted molar refractivity (Wildman–Crippen MR) is 109 cm³/mol. The van der Waals surface area contributed by atoms with Crippen LogP contribution in [0.1, 0.15) is 23.5 Å². The number of H-pyrrole nitrogens is 1. The highest BCUT2D eigenvalue weighted by Gasteiger charge is 2.34. The molecule has 1 atom stereocenters. The first-order valence-corrected chi connectivity index (χ1v) is 9.63. The molecule has 10 heteroatoms. The first-order chi connectivity index (χ1) is 14.6. The Labute approximate surface area is 173 Å². The van der Waals surface area contributed by atoms with Crippen molar-refractivity contribution in [3.05, 3.63) is 33.6 Å². The third-order valence-corrected chi connectivity index (χ3v) is 5.36. The molecule has 0 spiro atoms. The molecule has 3 heterocycles. The average molecular weight is 416 g/mol. The molecule has 1 fully saturated rings. The van der Waals surface area contributed by atoms with Crippen molar-refractivity contribution in [2.75, 3.05) is 57.8 Å². The summed E-state index contributed by atoms with van der Waals surface area (Å²) < 4.78 is 21.7. The molecule has 0 radical (unpaired) electrons.